The first-order valence-corrected chi connectivity index (χ1v) is 10.5. The molecule has 0 aliphatic carbocycles. The summed E-state index contributed by atoms with van der Waals surface area (Å²) in [5.74, 6) is -0.180. The number of carbonyl (C=O) groups is 2. The zero-order valence-electron chi connectivity index (χ0n) is 20.3. The van der Waals surface area contributed by atoms with Crippen molar-refractivity contribution in [1.82, 2.24) is 5.32 Å². The van der Waals surface area contributed by atoms with E-state index in [-0.39, 0.29) is 29.6 Å². The van der Waals surface area contributed by atoms with Crippen molar-refractivity contribution in [3.8, 4) is 0 Å². The van der Waals surface area contributed by atoms with Gasteiger partial charge in [0, 0.05) is 6.04 Å². The van der Waals surface area contributed by atoms with Crippen LogP contribution in [0.5, 0.6) is 0 Å². The molecule has 0 aromatic heterocycles. The number of carbonyl (C=O) groups excluding carboxylic acids is 2. The van der Waals surface area contributed by atoms with E-state index in [4.69, 9.17) is 4.74 Å². The summed E-state index contributed by atoms with van der Waals surface area (Å²) in [7, 11) is 0. The number of Topliss-reactive ketones (excluding diaryl/α,β-unsaturated/α-hetero) is 1. The van der Waals surface area contributed by atoms with Gasteiger partial charge in [-0.3, -0.25) is 9.59 Å². The summed E-state index contributed by atoms with van der Waals surface area (Å²) >= 11 is 0. The summed E-state index contributed by atoms with van der Waals surface area (Å²) in [6.07, 6.45) is 1.01. The van der Waals surface area contributed by atoms with E-state index in [9.17, 15) is 14.7 Å². The molecule has 0 heterocycles. The quantitative estimate of drug-likeness (QED) is 0.500. The Morgan fingerprint density at radius 1 is 0.929 bits per heavy atom. The fourth-order valence-electron chi connectivity index (χ4n) is 3.38. The molecule has 0 spiro atoms. The Hall–Kier alpha value is -0.940. The van der Waals surface area contributed by atoms with Crippen LogP contribution in [0.15, 0.2) is 0 Å². The summed E-state index contributed by atoms with van der Waals surface area (Å²) in [6.45, 7) is 23.0. The second-order valence-corrected chi connectivity index (χ2v) is 11.4. The van der Waals surface area contributed by atoms with Gasteiger partial charge in [-0.05, 0) is 65.7 Å². The summed E-state index contributed by atoms with van der Waals surface area (Å²) in [6, 6.07) is -0.579. The summed E-state index contributed by atoms with van der Waals surface area (Å²) in [5, 5.41) is 13.4. The molecule has 0 aromatic carbocycles. The Labute approximate surface area is 173 Å². The second-order valence-electron chi connectivity index (χ2n) is 11.4. The first-order valence-electron chi connectivity index (χ1n) is 10.5. The Kier molecular flexibility index (Phi) is 8.94. The van der Waals surface area contributed by atoms with Crippen LogP contribution in [0.1, 0.15) is 95.9 Å². The van der Waals surface area contributed by atoms with Crippen molar-refractivity contribution < 1.29 is 19.4 Å². The van der Waals surface area contributed by atoms with Gasteiger partial charge in [0.05, 0.1) is 11.5 Å². The molecule has 0 aliphatic heterocycles. The normalized spacial score (nSPS) is 15.1. The lowest BCUT2D eigenvalue weighted by atomic mass is 9.73. The van der Waals surface area contributed by atoms with Gasteiger partial charge < -0.3 is 15.2 Å². The minimum absolute atomic E-state index is 0.0343. The van der Waals surface area contributed by atoms with Gasteiger partial charge in [0.15, 0.2) is 5.78 Å². The zero-order valence-corrected chi connectivity index (χ0v) is 20.3. The number of nitrogens with one attached hydrogen (secondary N) is 1. The molecule has 0 radical (unpaired) electrons. The first kappa shape index (κ1) is 27.1. The van der Waals surface area contributed by atoms with Gasteiger partial charge in [0.25, 0.3) is 0 Å². The van der Waals surface area contributed by atoms with Crippen LogP contribution in [0.2, 0.25) is 0 Å². The number of rotatable bonds is 11. The van der Waals surface area contributed by atoms with Gasteiger partial charge in [-0.15, -0.1) is 0 Å². The second kappa shape index (κ2) is 9.25. The third kappa shape index (κ3) is 8.60. The molecule has 5 nitrogen and oxygen atoms in total. The highest BCUT2D eigenvalue weighted by Crippen LogP contribution is 2.38. The van der Waals surface area contributed by atoms with E-state index in [0.29, 0.717) is 5.92 Å². The first-order chi connectivity index (χ1) is 12.2. The van der Waals surface area contributed by atoms with Gasteiger partial charge in [-0.25, -0.2) is 0 Å². The zero-order chi connectivity index (χ0) is 22.7. The van der Waals surface area contributed by atoms with Crippen molar-refractivity contribution in [2.45, 2.75) is 119 Å². The molecule has 0 saturated carbocycles. The topological polar surface area (TPSA) is 75.6 Å². The van der Waals surface area contributed by atoms with E-state index in [1.165, 1.54) is 13.8 Å². The maximum Gasteiger partial charge on any atom is 0.312 e. The standard InChI is InChI=1S/C23H45NO4/c1-15(2)21(7,8)14-22(9,10)28-19(26)20(5,6)13-17(24-16(3)4)18(25)23(11,12)27/h15-17,24,27H,13-14H2,1-12H3. The predicted molar refractivity (Wildman–Crippen MR) is 115 cm³/mol. The van der Waals surface area contributed by atoms with Crippen molar-refractivity contribution in [2.75, 3.05) is 0 Å². The molecule has 0 rings (SSSR count). The number of hydrogen-bond donors (Lipinski definition) is 2. The number of hydrogen-bond acceptors (Lipinski definition) is 5. The fourth-order valence-corrected chi connectivity index (χ4v) is 3.38. The van der Waals surface area contributed by atoms with Crippen LogP contribution in [-0.2, 0) is 14.3 Å². The maximum absolute atomic E-state index is 13.0. The molecule has 0 bridgehead atoms. The minimum Gasteiger partial charge on any atom is -0.459 e. The Balaban J connectivity index is 5.38. The molecule has 166 valence electrons. The van der Waals surface area contributed by atoms with Crippen LogP contribution in [0, 0.1) is 16.7 Å². The molecule has 0 aromatic rings. The Morgan fingerprint density at radius 3 is 1.75 bits per heavy atom. The Bertz CT molecular complexity index is 539. The minimum atomic E-state index is -1.47. The van der Waals surface area contributed by atoms with Gasteiger partial charge >= 0.3 is 5.97 Å². The average Bonchev–Trinajstić information content (AvgIpc) is 2.41. The highest BCUT2D eigenvalue weighted by Gasteiger charge is 2.42. The van der Waals surface area contributed by atoms with Crippen molar-refractivity contribution in [1.29, 1.82) is 0 Å². The van der Waals surface area contributed by atoms with Crippen LogP contribution < -0.4 is 5.32 Å². The molecule has 28 heavy (non-hydrogen) atoms. The molecule has 5 heteroatoms. The van der Waals surface area contributed by atoms with Gasteiger partial charge in [-0.1, -0.05) is 41.5 Å². The van der Waals surface area contributed by atoms with Crippen LogP contribution in [0.25, 0.3) is 0 Å². The van der Waals surface area contributed by atoms with Crippen LogP contribution in [-0.4, -0.2) is 40.1 Å². The Morgan fingerprint density at radius 2 is 1.39 bits per heavy atom. The van der Waals surface area contributed by atoms with Gasteiger partial charge in [0.1, 0.15) is 11.2 Å². The van der Waals surface area contributed by atoms with E-state index in [2.05, 4.69) is 33.0 Å². The monoisotopic (exact) mass is 399 g/mol. The molecule has 2 N–H and O–H groups in total. The predicted octanol–water partition coefficient (Wildman–Crippen LogP) is 4.50. The lowest BCUT2D eigenvalue weighted by Crippen LogP contribution is -2.52. The fraction of sp³-hybridized carbons (Fsp3) is 0.913. The largest absolute Gasteiger partial charge is 0.459 e. The third-order valence-electron chi connectivity index (χ3n) is 5.53. The van der Waals surface area contributed by atoms with E-state index in [0.717, 1.165) is 6.42 Å². The van der Waals surface area contributed by atoms with Crippen molar-refractivity contribution >= 4 is 11.8 Å². The smallest absolute Gasteiger partial charge is 0.312 e. The lowest BCUT2D eigenvalue weighted by molar-refractivity contribution is -0.171. The SMILES string of the molecule is CC(C)NC(CC(C)(C)C(=O)OC(C)(C)CC(C)(C)C(C)C)C(=O)C(C)(C)O. The van der Waals surface area contributed by atoms with Crippen LogP contribution in [0.3, 0.4) is 0 Å². The highest BCUT2D eigenvalue weighted by atomic mass is 16.6. The lowest BCUT2D eigenvalue weighted by Gasteiger charge is -2.39. The molecule has 0 aliphatic rings. The number of aliphatic hydroxyl groups is 1. The summed E-state index contributed by atoms with van der Waals surface area (Å²) < 4.78 is 5.92. The molecule has 0 saturated heterocycles. The third-order valence-corrected chi connectivity index (χ3v) is 5.53. The summed E-state index contributed by atoms with van der Waals surface area (Å²) in [4.78, 5) is 25.7. The van der Waals surface area contributed by atoms with Crippen molar-refractivity contribution in [3.63, 3.8) is 0 Å². The van der Waals surface area contributed by atoms with E-state index < -0.39 is 22.7 Å². The van der Waals surface area contributed by atoms with Crippen molar-refractivity contribution in [3.05, 3.63) is 0 Å². The van der Waals surface area contributed by atoms with E-state index >= 15 is 0 Å². The molecule has 0 fully saturated rings. The van der Waals surface area contributed by atoms with Crippen molar-refractivity contribution in [2.24, 2.45) is 16.7 Å². The van der Waals surface area contributed by atoms with E-state index in [1.807, 2.05) is 27.7 Å². The van der Waals surface area contributed by atoms with Gasteiger partial charge in [0.2, 0.25) is 0 Å². The molecule has 1 atom stereocenters. The van der Waals surface area contributed by atoms with E-state index in [1.54, 1.807) is 13.8 Å². The van der Waals surface area contributed by atoms with Gasteiger partial charge in [-0.2, -0.15) is 0 Å². The number of ketones is 1. The van der Waals surface area contributed by atoms with Crippen LogP contribution in [0.4, 0.5) is 0 Å². The summed E-state index contributed by atoms with van der Waals surface area (Å²) in [5.41, 5.74) is -2.91. The maximum atomic E-state index is 13.0. The molecular formula is C23H45NO4. The number of ether oxygens (including phenoxy) is 1. The van der Waals surface area contributed by atoms with Crippen LogP contribution >= 0.6 is 0 Å². The highest BCUT2D eigenvalue weighted by molar-refractivity contribution is 5.91. The average molecular weight is 400 g/mol. The number of esters is 1. The molecule has 1 unspecified atom stereocenters. The molecule has 0 amide bonds. The molecular weight excluding hydrogens is 354 g/mol.